The number of fused-ring (bicyclic) bond motifs is 1. The number of nitrogens with one attached hydrogen (secondary N) is 2. The van der Waals surface area contributed by atoms with Crippen LogP contribution in [0.2, 0.25) is 5.15 Å². The zero-order valence-corrected chi connectivity index (χ0v) is 20.4. The molecule has 0 saturated heterocycles. The van der Waals surface area contributed by atoms with Crippen LogP contribution in [-0.4, -0.2) is 39.9 Å². The monoisotopic (exact) mass is 497 g/mol. The van der Waals surface area contributed by atoms with E-state index in [2.05, 4.69) is 25.6 Å². The van der Waals surface area contributed by atoms with Gasteiger partial charge in [-0.05, 0) is 44.7 Å². The van der Waals surface area contributed by atoms with Crippen LogP contribution in [0, 0.1) is 12.8 Å². The predicted molar refractivity (Wildman–Crippen MR) is 131 cm³/mol. The highest BCUT2D eigenvalue weighted by Crippen LogP contribution is 2.35. The molecule has 34 heavy (non-hydrogen) atoms. The van der Waals surface area contributed by atoms with Crippen molar-refractivity contribution in [2.24, 2.45) is 5.92 Å². The van der Waals surface area contributed by atoms with Crippen LogP contribution in [0.4, 0.5) is 5.13 Å². The van der Waals surface area contributed by atoms with Gasteiger partial charge in [-0.25, -0.2) is 9.97 Å². The summed E-state index contributed by atoms with van der Waals surface area (Å²) in [5, 5.41) is 6.93. The molecular formula is C24H24ClN5O3S. The summed E-state index contributed by atoms with van der Waals surface area (Å²) in [6.45, 7) is 1.85. The first kappa shape index (κ1) is 22.7. The molecule has 3 heterocycles. The first-order valence-electron chi connectivity index (χ1n) is 11.2. The summed E-state index contributed by atoms with van der Waals surface area (Å²) in [6, 6.07) is 3.62. The lowest BCUT2D eigenvalue weighted by Gasteiger charge is -2.22. The lowest BCUT2D eigenvalue weighted by atomic mass is 9.97. The molecule has 0 spiro atoms. The second-order valence-electron chi connectivity index (χ2n) is 8.64. The highest BCUT2D eigenvalue weighted by molar-refractivity contribution is 7.15. The number of aryl methyl sites for hydroxylation is 2. The van der Waals surface area contributed by atoms with Gasteiger partial charge in [0.2, 0.25) is 5.91 Å². The molecule has 5 rings (SSSR count). The summed E-state index contributed by atoms with van der Waals surface area (Å²) in [7, 11) is 1.54. The molecule has 10 heteroatoms. The van der Waals surface area contributed by atoms with Gasteiger partial charge in [-0.3, -0.25) is 19.9 Å². The number of nitrogens with zero attached hydrogens (tertiary/aromatic N) is 3. The summed E-state index contributed by atoms with van der Waals surface area (Å²) in [6.07, 6.45) is 7.44. The molecule has 2 aliphatic carbocycles. The van der Waals surface area contributed by atoms with Gasteiger partial charge in [-0.2, -0.15) is 0 Å². The summed E-state index contributed by atoms with van der Waals surface area (Å²) < 4.78 is 5.45. The minimum absolute atomic E-state index is 0.126. The highest BCUT2D eigenvalue weighted by Gasteiger charge is 2.32. The Labute approximate surface area is 206 Å². The molecule has 1 saturated carbocycles. The van der Waals surface area contributed by atoms with Crippen molar-refractivity contribution < 1.29 is 14.3 Å². The minimum atomic E-state index is -0.317. The molecule has 2 aliphatic rings. The zero-order valence-electron chi connectivity index (χ0n) is 18.9. The number of methoxy groups -OCH3 is 1. The minimum Gasteiger partial charge on any atom is -0.494 e. The van der Waals surface area contributed by atoms with E-state index in [0.717, 1.165) is 48.4 Å². The third-order valence-corrected chi connectivity index (χ3v) is 7.33. The third-order valence-electron chi connectivity index (χ3n) is 6.08. The van der Waals surface area contributed by atoms with Crippen molar-refractivity contribution in [2.75, 3.05) is 12.4 Å². The Morgan fingerprint density at radius 2 is 1.97 bits per heavy atom. The molecule has 2 amide bonds. The van der Waals surface area contributed by atoms with Crippen LogP contribution in [0.25, 0.3) is 11.1 Å². The number of pyridine rings is 2. The normalized spacial score (nSPS) is 17.1. The molecule has 0 bridgehead atoms. The average Bonchev–Trinajstić information content (AvgIpc) is 3.59. The van der Waals surface area contributed by atoms with E-state index in [0.29, 0.717) is 32.7 Å². The quantitative estimate of drug-likeness (QED) is 0.494. The van der Waals surface area contributed by atoms with Crippen molar-refractivity contribution in [3.8, 4) is 16.9 Å². The molecule has 3 aromatic heterocycles. The largest absolute Gasteiger partial charge is 0.494 e. The Morgan fingerprint density at radius 3 is 2.74 bits per heavy atom. The van der Waals surface area contributed by atoms with Crippen molar-refractivity contribution in [3.63, 3.8) is 0 Å². The fraction of sp³-hybridized carbons (Fsp3) is 0.375. The van der Waals surface area contributed by atoms with Crippen LogP contribution in [0.3, 0.4) is 0 Å². The standard InChI is InChI=1S/C24H24ClN5O3S/c1-12-7-15(16-9-21(25)27-11-19(16)33-2)17(10-26-12)23(32)30-24-29-18-6-5-14(8-20(18)34-24)28-22(31)13-3-4-13/h7,9-11,13-14H,3-6,8H2,1-2H3,(H,28,31)(H,29,30,32)/t14-/m1/s1. The maximum Gasteiger partial charge on any atom is 0.259 e. The van der Waals surface area contributed by atoms with E-state index < -0.39 is 0 Å². The van der Waals surface area contributed by atoms with Gasteiger partial charge in [0.15, 0.2) is 5.13 Å². The van der Waals surface area contributed by atoms with Gasteiger partial charge in [0.05, 0.1) is 24.6 Å². The number of hydrogen-bond donors (Lipinski definition) is 2. The lowest BCUT2D eigenvalue weighted by Crippen LogP contribution is -2.39. The topological polar surface area (TPSA) is 106 Å². The molecule has 1 atom stereocenters. The van der Waals surface area contributed by atoms with E-state index in [1.54, 1.807) is 19.4 Å². The lowest BCUT2D eigenvalue weighted by molar-refractivity contribution is -0.123. The number of hydrogen-bond acceptors (Lipinski definition) is 7. The van der Waals surface area contributed by atoms with Gasteiger partial charge in [-0.1, -0.05) is 11.6 Å². The van der Waals surface area contributed by atoms with Crippen molar-refractivity contribution in [3.05, 3.63) is 51.5 Å². The Kier molecular flexibility index (Phi) is 6.22. The molecule has 2 N–H and O–H groups in total. The second-order valence-corrected chi connectivity index (χ2v) is 10.1. The number of carbonyl (C=O) groups excluding carboxylic acids is 2. The highest BCUT2D eigenvalue weighted by atomic mass is 35.5. The fourth-order valence-corrected chi connectivity index (χ4v) is 5.38. The number of aromatic nitrogens is 3. The molecule has 0 radical (unpaired) electrons. The van der Waals surface area contributed by atoms with Crippen molar-refractivity contribution in [1.82, 2.24) is 20.3 Å². The van der Waals surface area contributed by atoms with E-state index >= 15 is 0 Å². The number of rotatable bonds is 6. The van der Waals surface area contributed by atoms with Crippen LogP contribution in [0.5, 0.6) is 5.75 Å². The summed E-state index contributed by atoms with van der Waals surface area (Å²) in [5.41, 5.74) is 3.43. The maximum absolute atomic E-state index is 13.3. The number of carbonyl (C=O) groups is 2. The Hall–Kier alpha value is -3.04. The average molecular weight is 498 g/mol. The van der Waals surface area contributed by atoms with Crippen LogP contribution < -0.4 is 15.4 Å². The predicted octanol–water partition coefficient (Wildman–Crippen LogP) is 4.21. The molecule has 0 aliphatic heterocycles. The van der Waals surface area contributed by atoms with Crippen molar-refractivity contribution >= 4 is 39.9 Å². The number of halogens is 1. The third kappa shape index (κ3) is 4.76. The summed E-state index contributed by atoms with van der Waals surface area (Å²) >= 11 is 7.59. The Bertz CT molecular complexity index is 1270. The van der Waals surface area contributed by atoms with Crippen LogP contribution >= 0.6 is 22.9 Å². The van der Waals surface area contributed by atoms with Gasteiger partial charge in [0.1, 0.15) is 10.9 Å². The van der Waals surface area contributed by atoms with Crippen molar-refractivity contribution in [2.45, 2.75) is 45.1 Å². The molecule has 1 fully saturated rings. The molecule has 0 aromatic carbocycles. The van der Waals surface area contributed by atoms with E-state index in [4.69, 9.17) is 16.3 Å². The number of anilines is 1. The first-order valence-corrected chi connectivity index (χ1v) is 12.4. The van der Waals surface area contributed by atoms with Crippen molar-refractivity contribution in [1.29, 1.82) is 0 Å². The SMILES string of the molecule is COc1cnc(Cl)cc1-c1cc(C)ncc1C(=O)Nc1nc2c(s1)C[C@H](NC(=O)C1CC1)CC2. The molecule has 8 nitrogen and oxygen atoms in total. The zero-order chi connectivity index (χ0) is 23.8. The van der Waals surface area contributed by atoms with E-state index in [1.165, 1.54) is 17.5 Å². The number of thiazole rings is 1. The van der Waals surface area contributed by atoms with Gasteiger partial charge >= 0.3 is 0 Å². The molecule has 0 unspecified atom stereocenters. The Morgan fingerprint density at radius 1 is 1.15 bits per heavy atom. The van der Waals surface area contributed by atoms with E-state index in [1.807, 2.05) is 13.0 Å². The number of amides is 2. The van der Waals surface area contributed by atoms with Gasteiger partial charge in [0.25, 0.3) is 5.91 Å². The van der Waals surface area contributed by atoms with Gasteiger partial charge in [-0.15, -0.1) is 11.3 Å². The maximum atomic E-state index is 13.3. The van der Waals surface area contributed by atoms with Crippen LogP contribution in [0.15, 0.2) is 24.5 Å². The summed E-state index contributed by atoms with van der Waals surface area (Å²) in [4.78, 5) is 39.5. The number of ether oxygens (including phenoxy) is 1. The van der Waals surface area contributed by atoms with Gasteiger partial charge < -0.3 is 10.1 Å². The van der Waals surface area contributed by atoms with Crippen LogP contribution in [0.1, 0.15) is 45.9 Å². The van der Waals surface area contributed by atoms with E-state index in [9.17, 15) is 9.59 Å². The molecular weight excluding hydrogens is 474 g/mol. The second kappa shape index (κ2) is 9.31. The van der Waals surface area contributed by atoms with E-state index in [-0.39, 0.29) is 23.8 Å². The fourth-order valence-electron chi connectivity index (χ4n) is 4.13. The molecule has 3 aromatic rings. The summed E-state index contributed by atoms with van der Waals surface area (Å²) in [5.74, 6) is 0.552. The molecule has 176 valence electrons. The Balaban J connectivity index is 1.37. The van der Waals surface area contributed by atoms with Crippen LogP contribution in [-0.2, 0) is 17.6 Å². The smallest absolute Gasteiger partial charge is 0.259 e. The first-order chi connectivity index (χ1) is 16.4. The van der Waals surface area contributed by atoms with Gasteiger partial charge in [0, 0.05) is 46.3 Å².